The molecule has 2 aliphatic heterocycles. The van der Waals surface area contributed by atoms with Gasteiger partial charge in [0, 0.05) is 88.2 Å². The average Bonchev–Trinajstić information content (AvgIpc) is 3.34. The summed E-state index contributed by atoms with van der Waals surface area (Å²) in [4.78, 5) is 24.8. The molecule has 3 aromatic heterocycles. The number of aryl methyl sites for hydroxylation is 1. The summed E-state index contributed by atoms with van der Waals surface area (Å²) in [6.45, 7) is 11.1. The van der Waals surface area contributed by atoms with E-state index < -0.39 is 0 Å². The molecule has 0 radical (unpaired) electrons. The second kappa shape index (κ2) is 10.2. The number of hydrogen-bond acceptors (Lipinski definition) is 7. The Morgan fingerprint density at radius 2 is 1.69 bits per heavy atom. The first-order valence-corrected chi connectivity index (χ1v) is 13.4. The quantitative estimate of drug-likeness (QED) is 0.394. The van der Waals surface area contributed by atoms with Crippen LogP contribution in [0.2, 0.25) is 0 Å². The van der Waals surface area contributed by atoms with Crippen LogP contribution in [0.1, 0.15) is 11.3 Å². The molecule has 1 aromatic carbocycles. The molecular formula is C27H31BrN8. The summed E-state index contributed by atoms with van der Waals surface area (Å²) in [6.07, 6.45) is 3.79. The number of aromatic nitrogens is 4. The van der Waals surface area contributed by atoms with Crippen molar-refractivity contribution >= 4 is 38.5 Å². The molecule has 2 fully saturated rings. The van der Waals surface area contributed by atoms with E-state index in [4.69, 9.17) is 4.98 Å². The summed E-state index contributed by atoms with van der Waals surface area (Å²) in [6, 6.07) is 13.0. The molecule has 0 atom stereocenters. The monoisotopic (exact) mass is 546 g/mol. The molecule has 2 aliphatic rings. The van der Waals surface area contributed by atoms with Crippen LogP contribution in [0.4, 0.5) is 11.4 Å². The number of nitrogens with zero attached hydrogens (tertiary/aromatic N) is 6. The molecule has 0 spiro atoms. The predicted molar refractivity (Wildman–Crippen MR) is 149 cm³/mol. The van der Waals surface area contributed by atoms with E-state index in [1.165, 1.54) is 11.3 Å². The second-order valence-electron chi connectivity index (χ2n) is 9.59. The minimum atomic E-state index is 0.823. The first kappa shape index (κ1) is 23.4. The van der Waals surface area contributed by atoms with Gasteiger partial charge >= 0.3 is 0 Å². The van der Waals surface area contributed by atoms with Crippen LogP contribution in [0, 0.1) is 6.92 Å². The van der Waals surface area contributed by atoms with Gasteiger partial charge in [-0.15, -0.1) is 0 Å². The number of nitrogens with one attached hydrogen (secondary N) is 2. The minimum absolute atomic E-state index is 0.823. The predicted octanol–water partition coefficient (Wildman–Crippen LogP) is 3.82. The van der Waals surface area contributed by atoms with Crippen molar-refractivity contribution < 1.29 is 0 Å². The van der Waals surface area contributed by atoms with E-state index in [1.54, 1.807) is 0 Å². The van der Waals surface area contributed by atoms with Crippen LogP contribution in [0.25, 0.3) is 22.6 Å². The Morgan fingerprint density at radius 1 is 0.917 bits per heavy atom. The molecule has 0 amide bonds. The van der Waals surface area contributed by atoms with E-state index in [0.29, 0.717) is 0 Å². The minimum Gasteiger partial charge on any atom is -0.369 e. The number of benzene rings is 1. The molecule has 0 bridgehead atoms. The van der Waals surface area contributed by atoms with Crippen molar-refractivity contribution in [3.63, 3.8) is 0 Å². The van der Waals surface area contributed by atoms with Crippen molar-refractivity contribution in [1.29, 1.82) is 0 Å². The summed E-state index contributed by atoms with van der Waals surface area (Å²) < 4.78 is 0.986. The molecule has 8 nitrogen and oxygen atoms in total. The summed E-state index contributed by atoms with van der Waals surface area (Å²) in [7, 11) is 0. The Morgan fingerprint density at radius 3 is 2.44 bits per heavy atom. The van der Waals surface area contributed by atoms with Crippen molar-refractivity contribution in [2.24, 2.45) is 0 Å². The van der Waals surface area contributed by atoms with Gasteiger partial charge in [0.1, 0.15) is 11.3 Å². The second-order valence-corrected chi connectivity index (χ2v) is 10.4. The highest BCUT2D eigenvalue weighted by molar-refractivity contribution is 9.10. The molecule has 6 rings (SSSR count). The third kappa shape index (κ3) is 4.83. The summed E-state index contributed by atoms with van der Waals surface area (Å²) in [5, 5.41) is 3.41. The van der Waals surface area contributed by atoms with E-state index in [-0.39, 0.29) is 0 Å². The van der Waals surface area contributed by atoms with Gasteiger partial charge in [0.25, 0.3) is 0 Å². The highest BCUT2D eigenvalue weighted by Gasteiger charge is 2.23. The first-order chi connectivity index (χ1) is 17.6. The molecule has 9 heteroatoms. The topological polar surface area (TPSA) is 76.2 Å². The zero-order valence-electron chi connectivity index (χ0n) is 20.5. The van der Waals surface area contributed by atoms with Gasteiger partial charge in [0.2, 0.25) is 0 Å². The lowest BCUT2D eigenvalue weighted by molar-refractivity contribution is 0.250. The van der Waals surface area contributed by atoms with Crippen molar-refractivity contribution in [3.8, 4) is 11.4 Å². The van der Waals surface area contributed by atoms with Crippen LogP contribution in [0.15, 0.2) is 53.3 Å². The van der Waals surface area contributed by atoms with Gasteiger partial charge in [-0.1, -0.05) is 0 Å². The maximum Gasteiger partial charge on any atom is 0.159 e. The van der Waals surface area contributed by atoms with E-state index >= 15 is 0 Å². The van der Waals surface area contributed by atoms with Crippen molar-refractivity contribution in [2.45, 2.75) is 13.5 Å². The molecule has 2 saturated heterocycles. The number of halogens is 1. The van der Waals surface area contributed by atoms with Crippen molar-refractivity contribution in [2.75, 3.05) is 62.2 Å². The fourth-order valence-corrected chi connectivity index (χ4v) is 5.74. The van der Waals surface area contributed by atoms with Crippen LogP contribution >= 0.6 is 15.9 Å². The van der Waals surface area contributed by atoms with E-state index in [0.717, 1.165) is 97.3 Å². The zero-order valence-corrected chi connectivity index (χ0v) is 22.1. The number of aromatic amines is 1. The highest BCUT2D eigenvalue weighted by atomic mass is 79.9. The molecular weight excluding hydrogens is 516 g/mol. The lowest BCUT2D eigenvalue weighted by Crippen LogP contribution is -2.46. The van der Waals surface area contributed by atoms with Gasteiger partial charge in [-0.25, -0.2) is 9.97 Å². The van der Waals surface area contributed by atoms with Gasteiger partial charge in [0.15, 0.2) is 5.65 Å². The van der Waals surface area contributed by atoms with Gasteiger partial charge < -0.3 is 20.1 Å². The first-order valence-electron chi connectivity index (χ1n) is 12.6. The number of hydrogen-bond donors (Lipinski definition) is 2. The lowest BCUT2D eigenvalue weighted by atomic mass is 10.1. The fraction of sp³-hybridized carbons (Fsp3) is 0.370. The Balaban J connectivity index is 1.20. The SMILES string of the molecule is Cc1cc(CN2CCN(c3c(Br)cnc4[nH]c(-c5ccc(N6CCNCC6)cc5)nc34)CC2)ccn1. The normalized spacial score (nSPS) is 17.2. The Labute approximate surface area is 219 Å². The molecule has 0 unspecified atom stereocenters. The number of rotatable bonds is 5. The Bertz CT molecular complexity index is 1340. The third-order valence-corrected chi connectivity index (χ3v) is 7.70. The summed E-state index contributed by atoms with van der Waals surface area (Å²) in [5.41, 5.74) is 7.60. The van der Waals surface area contributed by atoms with E-state index in [9.17, 15) is 0 Å². The van der Waals surface area contributed by atoms with Crippen molar-refractivity contribution in [3.05, 3.63) is 64.5 Å². The third-order valence-electron chi connectivity index (χ3n) is 7.12. The van der Waals surface area contributed by atoms with Gasteiger partial charge in [-0.05, 0) is 64.8 Å². The van der Waals surface area contributed by atoms with Crippen molar-refractivity contribution in [1.82, 2.24) is 30.2 Å². The van der Waals surface area contributed by atoms with E-state index in [1.807, 2.05) is 19.3 Å². The van der Waals surface area contributed by atoms with Gasteiger partial charge in [-0.3, -0.25) is 9.88 Å². The number of piperazine rings is 2. The average molecular weight is 548 g/mol. The van der Waals surface area contributed by atoms with Crippen LogP contribution < -0.4 is 15.1 Å². The molecule has 4 aromatic rings. The number of anilines is 2. The largest absolute Gasteiger partial charge is 0.369 e. The fourth-order valence-electron chi connectivity index (χ4n) is 5.20. The smallest absolute Gasteiger partial charge is 0.159 e. The maximum absolute atomic E-state index is 5.02. The van der Waals surface area contributed by atoms with Crippen LogP contribution in [0.3, 0.4) is 0 Å². The highest BCUT2D eigenvalue weighted by Crippen LogP contribution is 2.34. The van der Waals surface area contributed by atoms with Crippen LogP contribution in [-0.2, 0) is 6.54 Å². The number of imidazole rings is 1. The van der Waals surface area contributed by atoms with Crippen LogP contribution in [-0.4, -0.2) is 77.2 Å². The summed E-state index contributed by atoms with van der Waals surface area (Å²) >= 11 is 3.76. The Hall–Kier alpha value is -3.01. The molecule has 186 valence electrons. The Kier molecular flexibility index (Phi) is 6.60. The molecule has 0 saturated carbocycles. The van der Waals surface area contributed by atoms with Crippen LogP contribution in [0.5, 0.6) is 0 Å². The van der Waals surface area contributed by atoms with Gasteiger partial charge in [-0.2, -0.15) is 0 Å². The zero-order chi connectivity index (χ0) is 24.5. The number of fused-ring (bicyclic) bond motifs is 1. The molecule has 5 heterocycles. The van der Waals surface area contributed by atoms with Gasteiger partial charge in [0.05, 0.1) is 10.2 Å². The number of H-pyrrole nitrogens is 1. The maximum atomic E-state index is 5.02. The van der Waals surface area contributed by atoms with E-state index in [2.05, 4.69) is 87.3 Å². The molecule has 0 aliphatic carbocycles. The number of pyridine rings is 2. The molecule has 36 heavy (non-hydrogen) atoms. The standard InChI is InChI=1S/C27H31BrN8/c1-19-16-20(6-7-30-19)18-34-12-14-36(15-13-34)25-23(28)17-31-27-24(25)32-26(33-27)21-2-4-22(5-3-21)35-10-8-29-9-11-35/h2-7,16-17,29H,8-15,18H2,1H3,(H,31,32,33). The lowest BCUT2D eigenvalue weighted by Gasteiger charge is -2.36. The summed E-state index contributed by atoms with van der Waals surface area (Å²) in [5.74, 6) is 0.857. The molecule has 2 N–H and O–H groups in total.